The summed E-state index contributed by atoms with van der Waals surface area (Å²) in [5, 5.41) is 58.2. The average Bonchev–Trinajstić information content (AvgIpc) is 4.19. The van der Waals surface area contributed by atoms with E-state index in [2.05, 4.69) is 0 Å². The van der Waals surface area contributed by atoms with E-state index in [4.69, 9.17) is 37.9 Å². The number of fused-ring (bicyclic) bond motifs is 1. The standard InChI is InChI=1S/C57H91N3O16/c1-15-44-57(10,68)49(63)36(6)59(13)29-32(2)27-55(8,67)50(76-54-47(62)43(58(11)12)25-33(3)72-54)34(4)48(35(5)53(66)74-44)75-45-28-56(9,69-14)51(37(7)73-45)71-24-23-70-22-16-17-38-20-21-42-40(26-38)46(61)41(52(64)65)31-60(42)30-39-18-19-39/h16,20-22,26,31-37,39,43-45,47-51,54,62-63,67-68H,15,17-19,23-25,27-30H2,1-14H3,(H,64,65)/b22-16+/t32-,33-,34+,35-,36-,37+,43+,44-,45+,47-,48+,49-,50-,51+,54+,55-,56-,57-/m1/s1. The Morgan fingerprint density at radius 2 is 1.66 bits per heavy atom. The number of carboxylic acid groups (broad SMARTS) is 1. The van der Waals surface area contributed by atoms with E-state index in [1.54, 1.807) is 47.1 Å². The van der Waals surface area contributed by atoms with Gasteiger partial charge in [0.15, 0.2) is 12.6 Å². The predicted octanol–water partition coefficient (Wildman–Crippen LogP) is 5.12. The molecule has 1 saturated carbocycles. The lowest BCUT2D eigenvalue weighted by Gasteiger charge is -2.49. The van der Waals surface area contributed by atoms with Crippen molar-refractivity contribution in [2.24, 2.45) is 23.7 Å². The fraction of sp³-hybridized carbons (Fsp3) is 0.772. The van der Waals surface area contributed by atoms with Crippen molar-refractivity contribution in [2.45, 2.75) is 211 Å². The first-order valence-corrected chi connectivity index (χ1v) is 27.5. The third kappa shape index (κ3) is 14.4. The van der Waals surface area contributed by atoms with Crippen molar-refractivity contribution in [2.75, 3.05) is 48.0 Å². The van der Waals surface area contributed by atoms with Crippen molar-refractivity contribution >= 4 is 22.8 Å². The lowest BCUT2D eigenvalue weighted by Crippen LogP contribution is -2.61. The normalized spacial score (nSPS) is 38.7. The molecule has 1 aromatic carbocycles. The van der Waals surface area contributed by atoms with Gasteiger partial charge in [-0.05, 0) is 144 Å². The molecule has 4 heterocycles. The summed E-state index contributed by atoms with van der Waals surface area (Å²) in [5.74, 6) is -3.50. The van der Waals surface area contributed by atoms with Gasteiger partial charge in [-0.2, -0.15) is 0 Å². The van der Waals surface area contributed by atoms with Crippen molar-refractivity contribution in [1.29, 1.82) is 0 Å². The topological polar surface area (TPSA) is 238 Å². The first-order chi connectivity index (χ1) is 35.6. The molecule has 18 atom stereocenters. The maximum absolute atomic E-state index is 14.6. The summed E-state index contributed by atoms with van der Waals surface area (Å²) in [6.07, 6.45) is -0.708. The number of aliphatic hydroxyl groups is 4. The van der Waals surface area contributed by atoms with Crippen molar-refractivity contribution in [3.8, 4) is 0 Å². The number of rotatable bonds is 17. The monoisotopic (exact) mass is 1070 g/mol. The Morgan fingerprint density at radius 1 is 0.961 bits per heavy atom. The molecule has 5 N–H and O–H groups in total. The predicted molar refractivity (Wildman–Crippen MR) is 285 cm³/mol. The Labute approximate surface area is 449 Å². The van der Waals surface area contributed by atoms with Gasteiger partial charge in [-0.1, -0.05) is 26.8 Å². The molecule has 1 aromatic heterocycles. The van der Waals surface area contributed by atoms with Crippen molar-refractivity contribution in [3.05, 3.63) is 58.1 Å². The van der Waals surface area contributed by atoms with Crippen molar-refractivity contribution < 1.29 is 73.0 Å². The van der Waals surface area contributed by atoms with Crippen LogP contribution in [0.15, 0.2) is 41.5 Å². The summed E-state index contributed by atoms with van der Waals surface area (Å²) in [5.41, 5.74) is -3.63. The van der Waals surface area contributed by atoms with Crippen LogP contribution in [0, 0.1) is 23.7 Å². The van der Waals surface area contributed by atoms with Crippen LogP contribution in [0.5, 0.6) is 0 Å². The number of ether oxygens (including phenoxy) is 8. The van der Waals surface area contributed by atoms with Gasteiger partial charge in [-0.3, -0.25) is 9.59 Å². The fourth-order valence-corrected chi connectivity index (χ4v) is 12.0. The minimum atomic E-state index is -1.84. The quantitative estimate of drug-likeness (QED) is 0.0785. The summed E-state index contributed by atoms with van der Waals surface area (Å²) in [7, 11) is 7.19. The zero-order chi connectivity index (χ0) is 56.2. The van der Waals surface area contributed by atoms with Crippen LogP contribution in [0.1, 0.15) is 124 Å². The number of likely N-dealkylation sites (N-methyl/N-ethyl adjacent to an activating group) is 2. The number of benzene rings is 1. The molecule has 430 valence electrons. The number of aromatic carboxylic acids is 1. The highest BCUT2D eigenvalue weighted by Crippen LogP contribution is 2.41. The number of carbonyl (C=O) groups is 2. The van der Waals surface area contributed by atoms with Crippen LogP contribution < -0.4 is 5.43 Å². The summed E-state index contributed by atoms with van der Waals surface area (Å²) >= 11 is 0. The van der Waals surface area contributed by atoms with Gasteiger partial charge in [0.1, 0.15) is 42.2 Å². The smallest absolute Gasteiger partial charge is 0.341 e. The Morgan fingerprint density at radius 3 is 2.29 bits per heavy atom. The zero-order valence-corrected chi connectivity index (χ0v) is 47.5. The molecular formula is C57H91N3O16. The number of methoxy groups -OCH3 is 1. The second-order valence-electron chi connectivity index (χ2n) is 23.6. The van der Waals surface area contributed by atoms with Crippen molar-refractivity contribution in [3.63, 3.8) is 0 Å². The van der Waals surface area contributed by atoms with Gasteiger partial charge in [0.05, 0.1) is 59.9 Å². The number of pyridine rings is 1. The maximum atomic E-state index is 14.6. The molecule has 2 aromatic rings. The van der Waals surface area contributed by atoms with Crippen LogP contribution in [0.25, 0.3) is 10.9 Å². The summed E-state index contributed by atoms with van der Waals surface area (Å²) in [6, 6.07) is 4.67. The molecule has 0 amide bonds. The number of aliphatic hydroxyl groups excluding tert-OH is 2. The van der Waals surface area contributed by atoms with E-state index in [0.29, 0.717) is 42.8 Å². The highest BCUT2D eigenvalue weighted by atomic mass is 16.7. The van der Waals surface area contributed by atoms with Gasteiger partial charge in [0, 0.05) is 56.2 Å². The Bertz CT molecular complexity index is 2340. The number of esters is 1. The van der Waals surface area contributed by atoms with Crippen LogP contribution in [-0.2, 0) is 55.7 Å². The summed E-state index contributed by atoms with van der Waals surface area (Å²) in [4.78, 5) is 43.5. The highest BCUT2D eigenvalue weighted by Gasteiger charge is 2.53. The van der Waals surface area contributed by atoms with E-state index in [9.17, 15) is 39.9 Å². The molecule has 4 aliphatic rings. The zero-order valence-electron chi connectivity index (χ0n) is 47.5. The molecule has 3 aliphatic heterocycles. The largest absolute Gasteiger partial charge is 0.499 e. The van der Waals surface area contributed by atoms with E-state index < -0.39 is 107 Å². The van der Waals surface area contributed by atoms with E-state index in [0.717, 1.165) is 18.4 Å². The Kier molecular flexibility index (Phi) is 20.8. The second kappa shape index (κ2) is 25.7. The first kappa shape index (κ1) is 61.6. The maximum Gasteiger partial charge on any atom is 0.341 e. The van der Waals surface area contributed by atoms with Crippen LogP contribution in [0.4, 0.5) is 0 Å². The van der Waals surface area contributed by atoms with E-state index in [1.807, 2.05) is 88.3 Å². The lowest BCUT2D eigenvalue weighted by atomic mass is 9.77. The number of allylic oxidation sites excluding steroid dienone is 1. The summed E-state index contributed by atoms with van der Waals surface area (Å²) < 4.78 is 53.1. The third-order valence-electron chi connectivity index (χ3n) is 16.7. The minimum absolute atomic E-state index is 0.157. The molecule has 6 rings (SSSR count). The molecule has 19 heteroatoms. The van der Waals surface area contributed by atoms with Crippen LogP contribution >= 0.6 is 0 Å². The number of carbonyl (C=O) groups excluding carboxylic acids is 1. The Balaban J connectivity index is 1.19. The Hall–Kier alpha value is -3.57. The van der Waals surface area contributed by atoms with Crippen molar-refractivity contribution in [1.82, 2.24) is 14.4 Å². The molecule has 0 bridgehead atoms. The van der Waals surface area contributed by atoms with Crippen LogP contribution in [0.2, 0.25) is 0 Å². The molecule has 3 saturated heterocycles. The molecule has 0 radical (unpaired) electrons. The van der Waals surface area contributed by atoms with E-state index in [-0.39, 0.29) is 56.1 Å². The average molecular weight is 1070 g/mol. The van der Waals surface area contributed by atoms with Gasteiger partial charge in [0.25, 0.3) is 0 Å². The summed E-state index contributed by atoms with van der Waals surface area (Å²) in [6.45, 7) is 19.3. The number of cyclic esters (lactones) is 1. The molecule has 1 aliphatic carbocycles. The minimum Gasteiger partial charge on any atom is -0.499 e. The number of nitrogens with zero attached hydrogens (tertiary/aromatic N) is 3. The van der Waals surface area contributed by atoms with Crippen LogP contribution in [-0.4, -0.2) is 190 Å². The molecule has 19 nitrogen and oxygen atoms in total. The number of hydrogen-bond acceptors (Lipinski definition) is 17. The van der Waals surface area contributed by atoms with Gasteiger partial charge in [0.2, 0.25) is 5.43 Å². The van der Waals surface area contributed by atoms with E-state index in [1.165, 1.54) is 13.1 Å². The number of hydrogen-bond donors (Lipinski definition) is 5. The molecule has 0 spiro atoms. The number of aromatic nitrogens is 1. The molecule has 0 unspecified atom stereocenters. The van der Waals surface area contributed by atoms with Gasteiger partial charge >= 0.3 is 11.9 Å². The molecule has 4 fully saturated rings. The highest BCUT2D eigenvalue weighted by molar-refractivity contribution is 5.92. The second-order valence-corrected chi connectivity index (χ2v) is 23.6. The van der Waals surface area contributed by atoms with Gasteiger partial charge in [-0.25, -0.2) is 4.79 Å². The molecular weight excluding hydrogens is 983 g/mol. The first-order valence-electron chi connectivity index (χ1n) is 27.5. The molecule has 76 heavy (non-hydrogen) atoms. The van der Waals surface area contributed by atoms with Gasteiger partial charge in [-0.15, -0.1) is 0 Å². The SMILES string of the molecule is CC[C@H]1OC(=O)[C@H](C)[C@@H](O[C@H]2C[C@@](C)(OC)[C@@H](OCCO/C=C/Cc3ccc4c(c3)c(=O)c(C(=O)O)cn4CC3CC3)[C@H](C)O2)[C@H](C)[C@@H](O[C@@H]2O[C@H](C)C[C@H](N(C)C)[C@H]2O)[C@](C)(O)C[C@@H](C)CN(C)[C@H](C)[C@@H](O)[C@]1(C)O. The third-order valence-corrected chi connectivity index (χ3v) is 16.7. The lowest BCUT2D eigenvalue weighted by molar-refractivity contribution is -0.321. The fourth-order valence-electron chi connectivity index (χ4n) is 12.0. The number of carboxylic acids is 1. The van der Waals surface area contributed by atoms with Crippen LogP contribution in [0.3, 0.4) is 0 Å². The van der Waals surface area contributed by atoms with E-state index >= 15 is 0 Å². The van der Waals surface area contributed by atoms with Gasteiger partial charge < -0.3 is 77.8 Å².